The fraction of sp³-hybridized carbons (Fsp3) is 0.333. The molecular weight excluding hydrogens is 318 g/mol. The predicted molar refractivity (Wildman–Crippen MR) is 94.2 cm³/mol. The monoisotopic (exact) mass is 339 g/mol. The van der Waals surface area contributed by atoms with Crippen LogP contribution in [-0.2, 0) is 11.3 Å². The summed E-state index contributed by atoms with van der Waals surface area (Å²) in [5.74, 6) is 0.650. The molecule has 2 heterocycles. The molecule has 3 aromatic rings. The Morgan fingerprint density at radius 3 is 2.80 bits per heavy atom. The van der Waals surface area contributed by atoms with E-state index in [-0.39, 0.29) is 17.5 Å². The summed E-state index contributed by atoms with van der Waals surface area (Å²) in [6, 6.07) is 9.77. The van der Waals surface area contributed by atoms with Crippen LogP contribution in [0.3, 0.4) is 0 Å². The molecule has 0 aliphatic rings. The molecule has 130 valence electrons. The molecule has 0 bridgehead atoms. The van der Waals surface area contributed by atoms with Crippen LogP contribution in [0.1, 0.15) is 37.2 Å². The van der Waals surface area contributed by atoms with Crippen molar-refractivity contribution in [3.05, 3.63) is 64.5 Å². The number of rotatable bonds is 6. The van der Waals surface area contributed by atoms with Gasteiger partial charge in [0.05, 0.1) is 6.04 Å². The largest absolute Gasteiger partial charge is 0.350 e. The molecule has 0 spiro atoms. The highest BCUT2D eigenvalue weighted by atomic mass is 16.1. The smallest absolute Gasteiger partial charge is 0.310 e. The number of hydrogen-bond acceptors (Lipinski definition) is 4. The summed E-state index contributed by atoms with van der Waals surface area (Å²) in [6.45, 7) is 4.16. The molecule has 3 rings (SSSR count). The van der Waals surface area contributed by atoms with Crippen LogP contribution >= 0.6 is 0 Å². The Labute approximate surface area is 145 Å². The van der Waals surface area contributed by atoms with Gasteiger partial charge in [-0.2, -0.15) is 5.10 Å². The van der Waals surface area contributed by atoms with E-state index >= 15 is 0 Å². The first-order valence-electron chi connectivity index (χ1n) is 8.31. The molecule has 1 aromatic carbocycles. The maximum absolute atomic E-state index is 12.3. The highest BCUT2D eigenvalue weighted by Crippen LogP contribution is 2.11. The Kier molecular flexibility index (Phi) is 4.92. The third-order valence-corrected chi connectivity index (χ3v) is 4.13. The lowest BCUT2D eigenvalue weighted by molar-refractivity contribution is -0.121. The van der Waals surface area contributed by atoms with Crippen molar-refractivity contribution in [2.24, 2.45) is 0 Å². The third kappa shape index (κ3) is 3.76. The second-order valence-electron chi connectivity index (χ2n) is 6.00. The van der Waals surface area contributed by atoms with Gasteiger partial charge in [0.15, 0.2) is 0 Å². The first-order chi connectivity index (χ1) is 12.1. The van der Waals surface area contributed by atoms with Crippen LogP contribution in [0, 0.1) is 6.92 Å². The first kappa shape index (κ1) is 16.9. The Morgan fingerprint density at radius 2 is 2.04 bits per heavy atom. The van der Waals surface area contributed by atoms with Crippen LogP contribution < -0.4 is 10.9 Å². The zero-order valence-corrected chi connectivity index (χ0v) is 14.3. The Hall–Kier alpha value is -2.96. The van der Waals surface area contributed by atoms with Crippen LogP contribution in [0.25, 0.3) is 5.65 Å². The maximum atomic E-state index is 12.3. The molecule has 0 aliphatic carbocycles. The SMILES string of the molecule is Cc1nn(CCCC(=O)N[C@H](C)c2ccccc2)c(=O)c2nccn12. The van der Waals surface area contributed by atoms with Gasteiger partial charge in [0, 0.05) is 25.4 Å². The minimum atomic E-state index is -0.242. The highest BCUT2D eigenvalue weighted by molar-refractivity contribution is 5.76. The molecule has 7 heteroatoms. The van der Waals surface area contributed by atoms with Gasteiger partial charge in [-0.25, -0.2) is 9.67 Å². The summed E-state index contributed by atoms with van der Waals surface area (Å²) < 4.78 is 3.04. The summed E-state index contributed by atoms with van der Waals surface area (Å²) in [5.41, 5.74) is 1.18. The van der Waals surface area contributed by atoms with E-state index in [2.05, 4.69) is 15.4 Å². The van der Waals surface area contributed by atoms with Crippen LogP contribution in [0.15, 0.2) is 47.5 Å². The number of aryl methyl sites for hydroxylation is 2. The third-order valence-electron chi connectivity index (χ3n) is 4.13. The molecule has 7 nitrogen and oxygen atoms in total. The minimum Gasteiger partial charge on any atom is -0.350 e. The lowest BCUT2D eigenvalue weighted by atomic mass is 10.1. The number of fused-ring (bicyclic) bond motifs is 1. The Morgan fingerprint density at radius 1 is 1.28 bits per heavy atom. The van der Waals surface area contributed by atoms with E-state index in [9.17, 15) is 9.59 Å². The fourth-order valence-corrected chi connectivity index (χ4v) is 2.79. The number of aromatic nitrogens is 4. The molecular formula is C18H21N5O2. The van der Waals surface area contributed by atoms with Crippen molar-refractivity contribution in [1.29, 1.82) is 0 Å². The van der Waals surface area contributed by atoms with Crippen molar-refractivity contribution in [1.82, 2.24) is 24.5 Å². The number of nitrogens with zero attached hydrogens (tertiary/aromatic N) is 4. The summed E-state index contributed by atoms with van der Waals surface area (Å²) in [6.07, 6.45) is 4.16. The van der Waals surface area contributed by atoms with E-state index < -0.39 is 0 Å². The standard InChI is InChI=1S/C18H21N5O2/c1-13(15-7-4-3-5-8-15)20-16(24)9-6-11-23-18(25)17-19-10-12-22(17)14(2)21-23/h3-5,7-8,10,12-13H,6,9,11H2,1-2H3,(H,20,24)/t13-/m1/s1. The van der Waals surface area contributed by atoms with Crippen LogP contribution in [0.4, 0.5) is 0 Å². The van der Waals surface area contributed by atoms with Crippen LogP contribution in [0.2, 0.25) is 0 Å². The van der Waals surface area contributed by atoms with Crippen LogP contribution in [-0.4, -0.2) is 25.1 Å². The maximum Gasteiger partial charge on any atom is 0.310 e. The highest BCUT2D eigenvalue weighted by Gasteiger charge is 2.11. The molecule has 1 atom stereocenters. The van der Waals surface area contributed by atoms with Gasteiger partial charge in [0.25, 0.3) is 0 Å². The number of hydrogen-bond donors (Lipinski definition) is 1. The number of nitrogens with one attached hydrogen (secondary N) is 1. The summed E-state index contributed by atoms with van der Waals surface area (Å²) in [7, 11) is 0. The molecule has 1 amide bonds. The molecule has 1 N–H and O–H groups in total. The first-order valence-corrected chi connectivity index (χ1v) is 8.31. The van der Waals surface area contributed by atoms with Crippen molar-refractivity contribution in [3.63, 3.8) is 0 Å². The van der Waals surface area contributed by atoms with Gasteiger partial charge >= 0.3 is 5.56 Å². The predicted octanol–water partition coefficient (Wildman–Crippen LogP) is 1.86. The lowest BCUT2D eigenvalue weighted by Gasteiger charge is -2.14. The molecule has 0 radical (unpaired) electrons. The Balaban J connectivity index is 1.57. The van der Waals surface area contributed by atoms with Crippen molar-refractivity contribution in [2.45, 2.75) is 39.3 Å². The zero-order chi connectivity index (χ0) is 17.8. The quantitative estimate of drug-likeness (QED) is 0.743. The lowest BCUT2D eigenvalue weighted by Crippen LogP contribution is -2.29. The number of carbonyl (C=O) groups is 1. The number of carbonyl (C=O) groups excluding carboxylic acids is 1. The van der Waals surface area contributed by atoms with Crippen molar-refractivity contribution in [3.8, 4) is 0 Å². The van der Waals surface area contributed by atoms with Crippen molar-refractivity contribution in [2.75, 3.05) is 0 Å². The number of imidazole rings is 1. The van der Waals surface area contributed by atoms with Crippen LogP contribution in [0.5, 0.6) is 0 Å². The summed E-state index contributed by atoms with van der Waals surface area (Å²) in [4.78, 5) is 28.5. The van der Waals surface area contributed by atoms with Gasteiger partial charge in [-0.1, -0.05) is 30.3 Å². The van der Waals surface area contributed by atoms with Gasteiger partial charge in [0.1, 0.15) is 5.82 Å². The normalized spacial score (nSPS) is 12.2. The molecule has 0 saturated carbocycles. The second kappa shape index (κ2) is 7.29. The molecule has 0 fully saturated rings. The van der Waals surface area contributed by atoms with E-state index in [1.165, 1.54) is 4.68 Å². The van der Waals surface area contributed by atoms with Crippen molar-refractivity contribution >= 4 is 11.6 Å². The van der Waals surface area contributed by atoms with E-state index in [1.54, 1.807) is 16.8 Å². The van der Waals surface area contributed by atoms with Gasteiger partial charge < -0.3 is 5.32 Å². The summed E-state index contributed by atoms with van der Waals surface area (Å²) in [5, 5.41) is 7.24. The second-order valence-corrected chi connectivity index (χ2v) is 6.00. The Bertz CT molecular complexity index is 930. The fourth-order valence-electron chi connectivity index (χ4n) is 2.79. The van der Waals surface area contributed by atoms with Gasteiger partial charge in [-0.15, -0.1) is 0 Å². The van der Waals surface area contributed by atoms with Gasteiger partial charge in [-0.05, 0) is 25.8 Å². The van der Waals surface area contributed by atoms with E-state index in [0.29, 0.717) is 30.9 Å². The zero-order valence-electron chi connectivity index (χ0n) is 14.3. The molecule has 0 unspecified atom stereocenters. The topological polar surface area (TPSA) is 81.3 Å². The van der Waals surface area contributed by atoms with E-state index in [0.717, 1.165) is 5.56 Å². The molecule has 0 aliphatic heterocycles. The van der Waals surface area contributed by atoms with Gasteiger partial charge in [0.2, 0.25) is 11.6 Å². The average Bonchev–Trinajstić information content (AvgIpc) is 3.10. The molecule has 0 saturated heterocycles. The molecule has 25 heavy (non-hydrogen) atoms. The van der Waals surface area contributed by atoms with Gasteiger partial charge in [-0.3, -0.25) is 14.0 Å². The minimum absolute atomic E-state index is 0.0389. The average molecular weight is 339 g/mol. The molecule has 2 aromatic heterocycles. The summed E-state index contributed by atoms with van der Waals surface area (Å²) >= 11 is 0. The van der Waals surface area contributed by atoms with Crippen molar-refractivity contribution < 1.29 is 4.79 Å². The van der Waals surface area contributed by atoms with E-state index in [1.807, 2.05) is 44.2 Å². The number of benzene rings is 1. The number of amides is 1. The van der Waals surface area contributed by atoms with E-state index in [4.69, 9.17) is 0 Å².